The van der Waals surface area contributed by atoms with Crippen molar-refractivity contribution in [3.05, 3.63) is 29.6 Å². The van der Waals surface area contributed by atoms with Crippen molar-refractivity contribution in [2.75, 3.05) is 19.8 Å². The van der Waals surface area contributed by atoms with E-state index in [2.05, 4.69) is 33.0 Å². The third kappa shape index (κ3) is 6.87. The van der Waals surface area contributed by atoms with Crippen molar-refractivity contribution in [2.24, 2.45) is 5.92 Å². The van der Waals surface area contributed by atoms with E-state index in [0.717, 1.165) is 12.2 Å². The third-order valence-corrected chi connectivity index (χ3v) is 2.66. The Morgan fingerprint density at radius 3 is 2.55 bits per heavy atom. The molecular formula is C16H26FNO2. The van der Waals surface area contributed by atoms with E-state index in [1.54, 1.807) is 6.07 Å². The lowest BCUT2D eigenvalue weighted by molar-refractivity contribution is 0.0815. The van der Waals surface area contributed by atoms with Crippen molar-refractivity contribution in [3.63, 3.8) is 0 Å². The first-order chi connectivity index (χ1) is 9.49. The standard InChI is InChI=1S/C16H26FNO2/c1-12(2)11-19-7-8-20-16-6-5-15(17)9-14(16)10-18-13(3)4/h5-6,9,12-13,18H,7-8,10-11H2,1-4H3. The van der Waals surface area contributed by atoms with E-state index in [9.17, 15) is 4.39 Å². The molecule has 0 fully saturated rings. The average molecular weight is 283 g/mol. The smallest absolute Gasteiger partial charge is 0.124 e. The summed E-state index contributed by atoms with van der Waals surface area (Å²) in [6, 6.07) is 4.96. The molecule has 0 radical (unpaired) electrons. The molecule has 0 atom stereocenters. The van der Waals surface area contributed by atoms with Crippen LogP contribution in [0.3, 0.4) is 0 Å². The second-order valence-electron chi connectivity index (χ2n) is 5.60. The van der Waals surface area contributed by atoms with E-state index >= 15 is 0 Å². The summed E-state index contributed by atoms with van der Waals surface area (Å²) in [6.45, 7) is 10.7. The zero-order valence-corrected chi connectivity index (χ0v) is 12.9. The van der Waals surface area contributed by atoms with E-state index in [1.165, 1.54) is 12.1 Å². The molecule has 0 spiro atoms. The van der Waals surface area contributed by atoms with Crippen molar-refractivity contribution in [3.8, 4) is 5.75 Å². The average Bonchev–Trinajstić information content (AvgIpc) is 2.37. The predicted molar refractivity (Wildman–Crippen MR) is 79.5 cm³/mol. The Bertz CT molecular complexity index is 394. The minimum Gasteiger partial charge on any atom is -0.491 e. The first-order valence-corrected chi connectivity index (χ1v) is 7.21. The van der Waals surface area contributed by atoms with Crippen LogP contribution in [0.4, 0.5) is 4.39 Å². The van der Waals surface area contributed by atoms with Gasteiger partial charge in [-0.3, -0.25) is 0 Å². The van der Waals surface area contributed by atoms with Crippen LogP contribution < -0.4 is 10.1 Å². The molecule has 0 aromatic heterocycles. The van der Waals surface area contributed by atoms with Gasteiger partial charge in [0.25, 0.3) is 0 Å². The quantitative estimate of drug-likeness (QED) is 0.705. The van der Waals surface area contributed by atoms with Crippen LogP contribution in [0.15, 0.2) is 18.2 Å². The minimum atomic E-state index is -0.242. The van der Waals surface area contributed by atoms with Gasteiger partial charge in [-0.2, -0.15) is 0 Å². The molecule has 0 saturated heterocycles. The first kappa shape index (κ1) is 16.9. The van der Waals surface area contributed by atoms with Gasteiger partial charge in [0.2, 0.25) is 0 Å². The fourth-order valence-electron chi connectivity index (χ4n) is 1.67. The molecule has 0 heterocycles. The Labute approximate surface area is 121 Å². The van der Waals surface area contributed by atoms with Gasteiger partial charge < -0.3 is 14.8 Å². The lowest BCUT2D eigenvalue weighted by Crippen LogP contribution is -2.22. The van der Waals surface area contributed by atoms with Gasteiger partial charge in [-0.15, -0.1) is 0 Å². The molecule has 1 N–H and O–H groups in total. The summed E-state index contributed by atoms with van der Waals surface area (Å²) >= 11 is 0. The van der Waals surface area contributed by atoms with E-state index < -0.39 is 0 Å². The van der Waals surface area contributed by atoms with Crippen LogP contribution in [0.1, 0.15) is 33.3 Å². The summed E-state index contributed by atoms with van der Waals surface area (Å²) in [5.74, 6) is 0.994. The molecule has 0 aliphatic rings. The van der Waals surface area contributed by atoms with Gasteiger partial charge in [-0.05, 0) is 24.1 Å². The molecule has 0 aliphatic heterocycles. The van der Waals surface area contributed by atoms with Crippen LogP contribution in [-0.4, -0.2) is 25.9 Å². The third-order valence-electron chi connectivity index (χ3n) is 2.66. The highest BCUT2D eigenvalue weighted by Gasteiger charge is 2.06. The van der Waals surface area contributed by atoms with Crippen molar-refractivity contribution >= 4 is 0 Å². The fraction of sp³-hybridized carbons (Fsp3) is 0.625. The molecule has 0 aliphatic carbocycles. The van der Waals surface area contributed by atoms with Crippen molar-refractivity contribution in [1.29, 1.82) is 0 Å². The highest BCUT2D eigenvalue weighted by molar-refractivity contribution is 5.34. The summed E-state index contributed by atoms with van der Waals surface area (Å²) in [4.78, 5) is 0. The number of hydrogen-bond donors (Lipinski definition) is 1. The normalized spacial score (nSPS) is 11.3. The molecule has 1 rings (SSSR count). The minimum absolute atomic E-state index is 0.242. The van der Waals surface area contributed by atoms with Crippen LogP contribution in [0.5, 0.6) is 5.75 Å². The summed E-state index contributed by atoms with van der Waals surface area (Å²) in [6.07, 6.45) is 0. The molecular weight excluding hydrogens is 257 g/mol. The molecule has 1 aromatic carbocycles. The van der Waals surface area contributed by atoms with E-state index in [4.69, 9.17) is 9.47 Å². The summed E-state index contributed by atoms with van der Waals surface area (Å²) in [5.41, 5.74) is 0.836. The van der Waals surface area contributed by atoms with Gasteiger partial charge >= 0.3 is 0 Å². The fourth-order valence-corrected chi connectivity index (χ4v) is 1.67. The second-order valence-corrected chi connectivity index (χ2v) is 5.60. The molecule has 0 bridgehead atoms. The van der Waals surface area contributed by atoms with Gasteiger partial charge in [0.05, 0.1) is 6.61 Å². The molecule has 4 heteroatoms. The summed E-state index contributed by atoms with van der Waals surface area (Å²) < 4.78 is 24.4. The molecule has 0 amide bonds. The topological polar surface area (TPSA) is 30.5 Å². The maximum atomic E-state index is 13.3. The first-order valence-electron chi connectivity index (χ1n) is 7.21. The van der Waals surface area contributed by atoms with Gasteiger partial charge in [0, 0.05) is 24.8 Å². The van der Waals surface area contributed by atoms with Gasteiger partial charge in [0.15, 0.2) is 0 Å². The monoisotopic (exact) mass is 283 g/mol. The van der Waals surface area contributed by atoms with Crippen LogP contribution in [0.25, 0.3) is 0 Å². The van der Waals surface area contributed by atoms with Crippen LogP contribution >= 0.6 is 0 Å². The Morgan fingerprint density at radius 1 is 1.15 bits per heavy atom. The molecule has 1 aromatic rings. The van der Waals surface area contributed by atoms with Gasteiger partial charge in [0.1, 0.15) is 18.2 Å². The van der Waals surface area contributed by atoms with Crippen molar-refractivity contribution < 1.29 is 13.9 Å². The largest absolute Gasteiger partial charge is 0.491 e. The van der Waals surface area contributed by atoms with Crippen LogP contribution in [-0.2, 0) is 11.3 Å². The van der Waals surface area contributed by atoms with Gasteiger partial charge in [-0.1, -0.05) is 27.7 Å². The number of benzene rings is 1. The number of nitrogens with one attached hydrogen (secondary N) is 1. The molecule has 114 valence electrons. The zero-order valence-electron chi connectivity index (χ0n) is 12.9. The highest BCUT2D eigenvalue weighted by Crippen LogP contribution is 2.19. The number of rotatable bonds is 9. The maximum absolute atomic E-state index is 13.3. The Hall–Kier alpha value is -1.13. The summed E-state index contributed by atoms with van der Waals surface area (Å²) in [7, 11) is 0. The molecule has 0 saturated carbocycles. The maximum Gasteiger partial charge on any atom is 0.124 e. The lowest BCUT2D eigenvalue weighted by Gasteiger charge is -2.14. The van der Waals surface area contributed by atoms with Crippen molar-refractivity contribution in [2.45, 2.75) is 40.3 Å². The van der Waals surface area contributed by atoms with E-state index in [1.807, 2.05) is 0 Å². The summed E-state index contributed by atoms with van der Waals surface area (Å²) in [5, 5.41) is 3.27. The Morgan fingerprint density at radius 2 is 1.90 bits per heavy atom. The van der Waals surface area contributed by atoms with Crippen LogP contribution in [0, 0.1) is 11.7 Å². The molecule has 20 heavy (non-hydrogen) atoms. The van der Waals surface area contributed by atoms with E-state index in [0.29, 0.717) is 37.5 Å². The molecule has 3 nitrogen and oxygen atoms in total. The highest BCUT2D eigenvalue weighted by atomic mass is 19.1. The Balaban J connectivity index is 2.47. The zero-order chi connectivity index (χ0) is 15.0. The van der Waals surface area contributed by atoms with Gasteiger partial charge in [-0.25, -0.2) is 4.39 Å². The second kappa shape index (κ2) is 8.93. The lowest BCUT2D eigenvalue weighted by atomic mass is 10.2. The van der Waals surface area contributed by atoms with Crippen LogP contribution in [0.2, 0.25) is 0 Å². The predicted octanol–water partition coefficient (Wildman–Crippen LogP) is 3.38. The van der Waals surface area contributed by atoms with E-state index in [-0.39, 0.29) is 5.82 Å². The Kier molecular flexibility index (Phi) is 7.55. The number of ether oxygens (including phenoxy) is 2. The number of hydrogen-bond acceptors (Lipinski definition) is 3. The SMILES string of the molecule is CC(C)COCCOc1ccc(F)cc1CNC(C)C. The van der Waals surface area contributed by atoms with Crippen molar-refractivity contribution in [1.82, 2.24) is 5.32 Å². The number of halogens is 1. The molecule has 0 unspecified atom stereocenters.